The third-order valence-corrected chi connectivity index (χ3v) is 6.19. The fraction of sp³-hybridized carbons (Fsp3) is 0.261. The number of hydrazine groups is 1. The summed E-state index contributed by atoms with van der Waals surface area (Å²) in [7, 11) is 1.48. The standard InChI is InChI=1S/C23H23ClN6O7/c1-13-20(21(27-37-13)16-12-15(35-2)4-6-19(16)36-23(32)26-25)22(31)29-9-7-28(8-10-29)18-5-3-14(30(33)34)11-17(18)24/h3-6,11-12H,7-10,25H2,1-2H3,(H,26,32). The van der Waals surface area contributed by atoms with Crippen LogP contribution in [0.25, 0.3) is 11.3 Å². The van der Waals surface area contributed by atoms with E-state index in [0.29, 0.717) is 43.2 Å². The van der Waals surface area contributed by atoms with Gasteiger partial charge in [-0.2, -0.15) is 0 Å². The van der Waals surface area contributed by atoms with Gasteiger partial charge in [0.25, 0.3) is 11.6 Å². The second kappa shape index (κ2) is 10.7. The van der Waals surface area contributed by atoms with Crippen molar-refractivity contribution in [2.45, 2.75) is 6.92 Å². The number of aryl methyl sites for hydroxylation is 1. The summed E-state index contributed by atoms with van der Waals surface area (Å²) >= 11 is 6.28. The number of halogens is 1. The smallest absolute Gasteiger partial charge is 0.426 e. The summed E-state index contributed by atoms with van der Waals surface area (Å²) in [5, 5.41) is 15.3. The highest BCUT2D eigenvalue weighted by molar-refractivity contribution is 6.33. The van der Waals surface area contributed by atoms with E-state index in [2.05, 4.69) is 5.16 Å². The van der Waals surface area contributed by atoms with Gasteiger partial charge in [0.2, 0.25) is 0 Å². The summed E-state index contributed by atoms with van der Waals surface area (Å²) in [6.45, 7) is 3.23. The summed E-state index contributed by atoms with van der Waals surface area (Å²) in [6.07, 6.45) is -0.902. The molecule has 1 fully saturated rings. The molecule has 1 saturated heterocycles. The highest BCUT2D eigenvalue weighted by atomic mass is 35.5. The molecule has 194 valence electrons. The fourth-order valence-corrected chi connectivity index (χ4v) is 4.32. The van der Waals surface area contributed by atoms with Gasteiger partial charge in [0, 0.05) is 38.3 Å². The zero-order chi connectivity index (χ0) is 26.7. The molecule has 37 heavy (non-hydrogen) atoms. The molecule has 3 aromatic rings. The van der Waals surface area contributed by atoms with Gasteiger partial charge in [0.05, 0.1) is 28.3 Å². The van der Waals surface area contributed by atoms with Crippen LogP contribution in [-0.2, 0) is 0 Å². The first-order valence-corrected chi connectivity index (χ1v) is 11.4. The maximum atomic E-state index is 13.6. The molecule has 0 bridgehead atoms. The number of rotatable bonds is 6. The number of nitrogens with one attached hydrogen (secondary N) is 1. The van der Waals surface area contributed by atoms with Gasteiger partial charge in [-0.05, 0) is 31.2 Å². The van der Waals surface area contributed by atoms with Gasteiger partial charge in [0.1, 0.15) is 28.5 Å². The van der Waals surface area contributed by atoms with E-state index < -0.39 is 11.0 Å². The molecule has 1 aliphatic rings. The van der Waals surface area contributed by atoms with Crippen LogP contribution >= 0.6 is 11.6 Å². The molecule has 2 aromatic carbocycles. The number of amides is 2. The van der Waals surface area contributed by atoms with Gasteiger partial charge in [-0.3, -0.25) is 20.3 Å². The highest BCUT2D eigenvalue weighted by Gasteiger charge is 2.31. The highest BCUT2D eigenvalue weighted by Crippen LogP contribution is 2.37. The lowest BCUT2D eigenvalue weighted by Crippen LogP contribution is -2.49. The van der Waals surface area contributed by atoms with E-state index in [1.165, 1.54) is 25.3 Å². The Bertz CT molecular complexity index is 1350. The molecule has 14 heteroatoms. The number of nitro groups is 1. The maximum Gasteiger partial charge on any atom is 0.426 e. The molecule has 13 nitrogen and oxygen atoms in total. The normalized spacial score (nSPS) is 13.3. The maximum absolute atomic E-state index is 13.6. The molecule has 0 saturated carbocycles. The summed E-state index contributed by atoms with van der Waals surface area (Å²) in [5.41, 5.74) is 3.15. The van der Waals surface area contributed by atoms with Gasteiger partial charge in [0.15, 0.2) is 0 Å². The first-order valence-electron chi connectivity index (χ1n) is 11.0. The van der Waals surface area contributed by atoms with Crippen LogP contribution in [0, 0.1) is 17.0 Å². The Balaban J connectivity index is 1.58. The Morgan fingerprint density at radius 1 is 1.19 bits per heavy atom. The zero-order valence-electron chi connectivity index (χ0n) is 19.9. The van der Waals surface area contributed by atoms with E-state index in [-0.39, 0.29) is 39.4 Å². The van der Waals surface area contributed by atoms with Crippen LogP contribution in [0.2, 0.25) is 5.02 Å². The molecular formula is C23H23ClN6O7. The Labute approximate surface area is 215 Å². The minimum atomic E-state index is -0.902. The third-order valence-electron chi connectivity index (χ3n) is 5.89. The van der Waals surface area contributed by atoms with Crippen LogP contribution < -0.4 is 25.6 Å². The van der Waals surface area contributed by atoms with E-state index >= 15 is 0 Å². The first kappa shape index (κ1) is 25.7. The van der Waals surface area contributed by atoms with E-state index in [4.69, 9.17) is 31.4 Å². The number of piperazine rings is 1. The first-order chi connectivity index (χ1) is 17.7. The van der Waals surface area contributed by atoms with Crippen molar-refractivity contribution in [3.8, 4) is 22.8 Å². The molecule has 1 aliphatic heterocycles. The predicted octanol–water partition coefficient (Wildman–Crippen LogP) is 3.14. The topological polar surface area (TPSA) is 166 Å². The number of carbonyl (C=O) groups excluding carboxylic acids is 2. The lowest BCUT2D eigenvalue weighted by molar-refractivity contribution is -0.384. The van der Waals surface area contributed by atoms with Gasteiger partial charge in [-0.15, -0.1) is 0 Å². The van der Waals surface area contributed by atoms with Crippen molar-refractivity contribution in [1.82, 2.24) is 15.5 Å². The molecule has 4 rings (SSSR count). The Morgan fingerprint density at radius 2 is 1.92 bits per heavy atom. The van der Waals surface area contributed by atoms with Crippen molar-refractivity contribution in [3.05, 3.63) is 62.9 Å². The number of methoxy groups -OCH3 is 1. The van der Waals surface area contributed by atoms with E-state index in [9.17, 15) is 19.7 Å². The van der Waals surface area contributed by atoms with Crippen molar-refractivity contribution in [2.24, 2.45) is 5.84 Å². The number of benzene rings is 2. The number of ether oxygens (including phenoxy) is 2. The second-order valence-electron chi connectivity index (χ2n) is 8.03. The van der Waals surface area contributed by atoms with Crippen molar-refractivity contribution < 1.29 is 28.5 Å². The molecule has 2 amide bonds. The Hall–Kier alpha value is -4.36. The fourth-order valence-electron chi connectivity index (χ4n) is 4.02. The van der Waals surface area contributed by atoms with Gasteiger partial charge >= 0.3 is 6.09 Å². The number of carbonyl (C=O) groups is 2. The number of aromatic nitrogens is 1. The zero-order valence-corrected chi connectivity index (χ0v) is 20.7. The van der Waals surface area contributed by atoms with E-state index in [0.717, 1.165) is 0 Å². The summed E-state index contributed by atoms with van der Waals surface area (Å²) in [6, 6.07) is 8.95. The lowest BCUT2D eigenvalue weighted by atomic mass is 10.0. The van der Waals surface area contributed by atoms with Gasteiger partial charge in [-0.1, -0.05) is 16.8 Å². The van der Waals surface area contributed by atoms with Crippen LogP contribution in [0.1, 0.15) is 16.1 Å². The number of nitrogens with zero attached hydrogens (tertiary/aromatic N) is 4. The van der Waals surface area contributed by atoms with Crippen LogP contribution in [0.15, 0.2) is 40.9 Å². The predicted molar refractivity (Wildman–Crippen MR) is 133 cm³/mol. The molecule has 0 aliphatic carbocycles. The second-order valence-corrected chi connectivity index (χ2v) is 8.44. The number of hydrogen-bond donors (Lipinski definition) is 2. The number of nitro benzene ring substituents is 1. The Morgan fingerprint density at radius 3 is 2.54 bits per heavy atom. The molecule has 0 spiro atoms. The van der Waals surface area contributed by atoms with E-state index in [1.54, 1.807) is 30.0 Å². The van der Waals surface area contributed by atoms with Crippen LogP contribution in [0.4, 0.5) is 16.2 Å². The van der Waals surface area contributed by atoms with Crippen LogP contribution in [-0.4, -0.2) is 60.3 Å². The Kier molecular flexibility index (Phi) is 7.45. The number of nitrogens with two attached hydrogens (primary N) is 1. The molecule has 0 atom stereocenters. The number of anilines is 1. The van der Waals surface area contributed by atoms with Gasteiger partial charge < -0.3 is 23.8 Å². The number of non-ortho nitro benzene ring substituents is 1. The minimum Gasteiger partial charge on any atom is -0.497 e. The van der Waals surface area contributed by atoms with Crippen molar-refractivity contribution in [3.63, 3.8) is 0 Å². The molecule has 2 heterocycles. The largest absolute Gasteiger partial charge is 0.497 e. The molecular weight excluding hydrogens is 508 g/mol. The summed E-state index contributed by atoms with van der Waals surface area (Å²) in [5.74, 6) is 5.66. The SMILES string of the molecule is COc1ccc(OC(=O)NN)c(-c2noc(C)c2C(=O)N2CCN(c3ccc([N+](=O)[O-])cc3Cl)CC2)c1. The van der Waals surface area contributed by atoms with Crippen molar-refractivity contribution in [2.75, 3.05) is 38.2 Å². The van der Waals surface area contributed by atoms with Crippen molar-refractivity contribution >= 4 is 35.0 Å². The number of hydrogen-bond acceptors (Lipinski definition) is 10. The minimum absolute atomic E-state index is 0.0946. The molecule has 1 aromatic heterocycles. The lowest BCUT2D eigenvalue weighted by Gasteiger charge is -2.36. The van der Waals surface area contributed by atoms with Crippen LogP contribution in [0.5, 0.6) is 11.5 Å². The average molecular weight is 531 g/mol. The molecule has 0 radical (unpaired) electrons. The third kappa shape index (κ3) is 5.27. The van der Waals surface area contributed by atoms with Gasteiger partial charge in [-0.25, -0.2) is 10.6 Å². The van der Waals surface area contributed by atoms with Crippen LogP contribution in [0.3, 0.4) is 0 Å². The quantitative estimate of drug-likeness (QED) is 0.209. The van der Waals surface area contributed by atoms with Crippen molar-refractivity contribution in [1.29, 1.82) is 0 Å². The average Bonchev–Trinajstić information content (AvgIpc) is 3.29. The molecule has 3 N–H and O–H groups in total. The molecule has 0 unspecified atom stereocenters. The van der Waals surface area contributed by atoms with E-state index in [1.807, 2.05) is 10.3 Å². The summed E-state index contributed by atoms with van der Waals surface area (Å²) < 4.78 is 15.9. The monoisotopic (exact) mass is 530 g/mol. The summed E-state index contributed by atoms with van der Waals surface area (Å²) in [4.78, 5) is 39.4.